The Morgan fingerprint density at radius 2 is 1.29 bits per heavy atom. The lowest BCUT2D eigenvalue weighted by molar-refractivity contribution is -0.139. The van der Waals surface area contributed by atoms with E-state index in [4.69, 9.17) is 36.8 Å². The number of unbranched alkanes of at least 4 members (excludes halogenated alkanes) is 10. The number of nitrogens with one attached hydrogen (secondary N) is 1. The average Bonchev–Trinajstić information content (AvgIpc) is 3.46. The van der Waals surface area contributed by atoms with E-state index in [2.05, 4.69) is 18.3 Å². The summed E-state index contributed by atoms with van der Waals surface area (Å²) in [5.41, 5.74) is 3.78. The number of hydrogen-bond donors (Lipinski definition) is 2. The van der Waals surface area contributed by atoms with Crippen LogP contribution in [0, 0.1) is 0 Å². The third-order valence-corrected chi connectivity index (χ3v) is 10.2. The van der Waals surface area contributed by atoms with Gasteiger partial charge in [0.2, 0.25) is 4.99 Å². The first-order valence-electron chi connectivity index (χ1n) is 19.8. The van der Waals surface area contributed by atoms with Gasteiger partial charge in [0.05, 0.1) is 47.1 Å². The van der Waals surface area contributed by atoms with Gasteiger partial charge in [0.15, 0.2) is 0 Å². The van der Waals surface area contributed by atoms with E-state index >= 15 is 0 Å². The number of dihydropyridines is 1. The van der Waals surface area contributed by atoms with Crippen molar-refractivity contribution in [3.63, 3.8) is 0 Å². The maximum Gasteiger partial charge on any atom is 0.336 e. The minimum absolute atomic E-state index is 0.00680. The van der Waals surface area contributed by atoms with Gasteiger partial charge in [-0.3, -0.25) is 0 Å². The van der Waals surface area contributed by atoms with Gasteiger partial charge in [-0.15, -0.1) is 12.6 Å². The van der Waals surface area contributed by atoms with Crippen LogP contribution in [-0.2, 0) is 30.2 Å². The molecule has 1 N–H and O–H groups in total. The van der Waals surface area contributed by atoms with Crippen molar-refractivity contribution >= 4 is 24.6 Å². The summed E-state index contributed by atoms with van der Waals surface area (Å²) in [7, 11) is 0. The molecule has 0 saturated heterocycles. The van der Waals surface area contributed by atoms with Crippen LogP contribution in [0.25, 0.3) is 0 Å². The monoisotopic (exact) mass is 731 g/mol. The van der Waals surface area contributed by atoms with Crippen molar-refractivity contribution in [2.24, 2.45) is 9.98 Å². The van der Waals surface area contributed by atoms with Crippen molar-refractivity contribution in [1.29, 1.82) is 0 Å². The minimum Gasteiger partial charge on any atom is -0.463 e. The van der Waals surface area contributed by atoms with E-state index in [1.165, 1.54) is 64.2 Å². The zero-order valence-corrected chi connectivity index (χ0v) is 33.1. The molecule has 4 rings (SSSR count). The number of allylic oxidation sites excluding steroid dienone is 1. The van der Waals surface area contributed by atoms with Crippen molar-refractivity contribution in [2.75, 3.05) is 19.8 Å². The summed E-state index contributed by atoms with van der Waals surface area (Å²) in [6.45, 7) is 10.7. The number of nitrogens with zero attached hydrogens (tertiary/aromatic N) is 2. The second kappa shape index (κ2) is 21.3. The van der Waals surface area contributed by atoms with E-state index in [1.807, 2.05) is 56.3 Å². The predicted octanol–water partition coefficient (Wildman–Crippen LogP) is 8.60. The molecule has 52 heavy (non-hydrogen) atoms. The summed E-state index contributed by atoms with van der Waals surface area (Å²) >= 11 is 4.93. The molecule has 2 atom stereocenters. The molecule has 0 aliphatic carbocycles. The highest BCUT2D eigenvalue weighted by molar-refractivity contribution is 7.81. The van der Waals surface area contributed by atoms with Gasteiger partial charge < -0.3 is 19.5 Å². The summed E-state index contributed by atoms with van der Waals surface area (Å²) in [6.07, 6.45) is 16.0. The molecule has 0 saturated carbocycles. The summed E-state index contributed by atoms with van der Waals surface area (Å²) < 4.78 is 17.6. The zero-order chi connectivity index (χ0) is 37.3. The van der Waals surface area contributed by atoms with Crippen LogP contribution in [-0.4, -0.2) is 42.9 Å². The van der Waals surface area contributed by atoms with E-state index in [9.17, 15) is 9.59 Å². The summed E-state index contributed by atoms with van der Waals surface area (Å²) in [4.78, 5) is 36.3. The standard InChI is InChI=1S/C43H61N3O5S/c1-6-10-11-12-13-14-15-16-17-18-19-25-33(49-7-2)29-32-24-20-21-26-34(32)39-38(41(47)50-8-3)31(5)44-37(40(39)42(48)51-9-4)30-43(52)45-35-27-22-23-28-36(35)46-43/h20-24,26-28,33,39,44,52H,6-19,25,29-30H2,1-5H3. The van der Waals surface area contributed by atoms with Crippen molar-refractivity contribution in [2.45, 2.75) is 142 Å². The number of thiol groups is 1. The summed E-state index contributed by atoms with van der Waals surface area (Å²) in [5.74, 6) is -1.72. The minimum atomic E-state index is -1.15. The smallest absolute Gasteiger partial charge is 0.336 e. The van der Waals surface area contributed by atoms with Gasteiger partial charge in [-0.2, -0.15) is 0 Å². The van der Waals surface area contributed by atoms with E-state index in [0.717, 1.165) is 34.7 Å². The quantitative estimate of drug-likeness (QED) is 0.0675. The Morgan fingerprint density at radius 3 is 1.87 bits per heavy atom. The fraction of sp³-hybridized carbons (Fsp3) is 0.581. The van der Waals surface area contributed by atoms with E-state index < -0.39 is 22.9 Å². The summed E-state index contributed by atoms with van der Waals surface area (Å²) in [6, 6.07) is 15.7. The van der Waals surface area contributed by atoms with Crippen molar-refractivity contribution in [3.8, 4) is 0 Å². The van der Waals surface area contributed by atoms with Crippen molar-refractivity contribution in [3.05, 3.63) is 92.9 Å². The molecule has 2 aromatic rings. The third-order valence-electron chi connectivity index (χ3n) is 9.88. The van der Waals surface area contributed by atoms with E-state index in [-0.39, 0.29) is 25.7 Å². The van der Waals surface area contributed by atoms with E-state index in [1.54, 1.807) is 13.8 Å². The van der Waals surface area contributed by atoms with Gasteiger partial charge >= 0.3 is 11.9 Å². The normalized spacial score (nSPS) is 16.8. The van der Waals surface area contributed by atoms with Gasteiger partial charge in [-0.25, -0.2) is 19.6 Å². The molecule has 0 radical (unpaired) electrons. The first-order chi connectivity index (χ1) is 25.2. The molecule has 0 bridgehead atoms. The lowest BCUT2D eigenvalue weighted by Crippen LogP contribution is -2.36. The third kappa shape index (κ3) is 11.5. The molecule has 2 aromatic carbocycles. The molecule has 0 amide bonds. The first kappa shape index (κ1) is 41.3. The number of carbonyl (C=O) groups excluding carboxylic acids is 2. The molecule has 0 spiro atoms. The fourth-order valence-corrected chi connectivity index (χ4v) is 7.79. The second-order valence-electron chi connectivity index (χ2n) is 13.9. The molecule has 284 valence electrons. The maximum atomic E-state index is 14.1. The van der Waals surface area contributed by atoms with Crippen LogP contribution in [0.2, 0.25) is 0 Å². The Balaban J connectivity index is 1.61. The number of carbonyl (C=O) groups is 2. The zero-order valence-electron chi connectivity index (χ0n) is 32.2. The second-order valence-corrected chi connectivity index (χ2v) is 14.6. The maximum absolute atomic E-state index is 14.1. The highest BCUT2D eigenvalue weighted by Gasteiger charge is 2.42. The number of hydrogen-bond acceptors (Lipinski definition) is 9. The molecule has 2 aliphatic rings. The highest BCUT2D eigenvalue weighted by atomic mass is 32.1. The van der Waals surface area contributed by atoms with Crippen LogP contribution < -0.4 is 16.0 Å². The van der Waals surface area contributed by atoms with Crippen molar-refractivity contribution in [1.82, 2.24) is 5.32 Å². The molecule has 2 unspecified atom stereocenters. The molecule has 0 fully saturated rings. The first-order valence-corrected chi connectivity index (χ1v) is 20.2. The van der Waals surface area contributed by atoms with Crippen LogP contribution in [0.3, 0.4) is 0 Å². The number of fused-ring (bicyclic) bond motifs is 1. The number of ether oxygens (including phenoxy) is 3. The number of esters is 2. The molecule has 2 aliphatic heterocycles. The Hall–Kier alpha value is -3.43. The number of para-hydroxylation sites is 2. The summed E-state index contributed by atoms with van der Waals surface area (Å²) in [5, 5.41) is 4.87. The van der Waals surface area contributed by atoms with Crippen molar-refractivity contribution < 1.29 is 23.8 Å². The van der Waals surface area contributed by atoms with Gasteiger partial charge in [0, 0.05) is 24.4 Å². The Bertz CT molecular complexity index is 1630. The van der Waals surface area contributed by atoms with Crippen LogP contribution >= 0.6 is 12.6 Å². The van der Waals surface area contributed by atoms with Gasteiger partial charge in [-0.05, 0) is 63.8 Å². The lowest BCUT2D eigenvalue weighted by atomic mass is 9.77. The predicted molar refractivity (Wildman–Crippen MR) is 211 cm³/mol. The topological polar surface area (TPSA) is 98.6 Å². The molecule has 9 heteroatoms. The lowest BCUT2D eigenvalue weighted by Gasteiger charge is -2.34. The molecule has 8 nitrogen and oxygen atoms in total. The fourth-order valence-electron chi connectivity index (χ4n) is 7.42. The van der Waals surface area contributed by atoms with E-state index in [0.29, 0.717) is 35.6 Å². The molecular formula is C43H61N3O5S. The Morgan fingerprint density at radius 1 is 0.750 bits per heavy atom. The van der Waals surface area contributed by atoms with Crippen LogP contribution in [0.15, 0.2) is 81.1 Å². The number of rotatable bonds is 23. The van der Waals surface area contributed by atoms with Crippen LogP contribution in [0.1, 0.15) is 135 Å². The number of benzene rings is 2. The van der Waals surface area contributed by atoms with Crippen LogP contribution in [0.5, 0.6) is 0 Å². The molecule has 2 heterocycles. The Kier molecular flexibility index (Phi) is 16.9. The van der Waals surface area contributed by atoms with Crippen LogP contribution in [0.4, 0.5) is 0 Å². The van der Waals surface area contributed by atoms with Gasteiger partial charge in [-0.1, -0.05) is 114 Å². The largest absolute Gasteiger partial charge is 0.463 e. The highest BCUT2D eigenvalue weighted by Crippen LogP contribution is 2.43. The Labute approximate surface area is 317 Å². The molecular weight excluding hydrogens is 671 g/mol. The molecule has 0 aromatic heterocycles. The average molecular weight is 732 g/mol. The van der Waals surface area contributed by atoms with Gasteiger partial charge in [0.1, 0.15) is 0 Å². The van der Waals surface area contributed by atoms with Gasteiger partial charge in [0.25, 0.3) is 0 Å². The SMILES string of the molecule is CCCCCCCCCCCCCC(Cc1ccccc1C1C(C(=O)OCC)=C(C)NC(CC2(S)N=c3ccccc3=N2)=C1C(=O)OCC)OCC.